The van der Waals surface area contributed by atoms with Gasteiger partial charge < -0.3 is 20.6 Å². The van der Waals surface area contributed by atoms with Crippen molar-refractivity contribution < 1.29 is 20.5 Å². The summed E-state index contributed by atoms with van der Waals surface area (Å²) in [5.74, 6) is 0.610. The van der Waals surface area contributed by atoms with Gasteiger partial charge >= 0.3 is 0 Å². The van der Waals surface area contributed by atoms with Gasteiger partial charge in [-0.15, -0.1) is 0 Å². The van der Waals surface area contributed by atoms with E-state index >= 15 is 0 Å². The highest BCUT2D eigenvalue weighted by atomic mass is 35.5. The van der Waals surface area contributed by atoms with Crippen LogP contribution in [0.25, 0.3) is 5.70 Å². The van der Waals surface area contributed by atoms with Gasteiger partial charge in [-0.25, -0.2) is 10.1 Å². The van der Waals surface area contributed by atoms with E-state index in [0.717, 1.165) is 16.1 Å². The maximum absolute atomic E-state index is 10.5. The second-order valence-electron chi connectivity index (χ2n) is 9.88. The largest absolute Gasteiger partial charge is 0.508 e. The zero-order valence-electron chi connectivity index (χ0n) is 22.1. The average molecular weight is 539 g/mol. The third kappa shape index (κ3) is 7.86. The molecule has 3 aromatic carbocycles. The van der Waals surface area contributed by atoms with E-state index in [9.17, 15) is 15.4 Å². The van der Waals surface area contributed by atoms with Crippen LogP contribution >= 0.6 is 11.6 Å². The monoisotopic (exact) mass is 538 g/mol. The van der Waals surface area contributed by atoms with Gasteiger partial charge in [0.25, 0.3) is 0 Å². The van der Waals surface area contributed by atoms with E-state index in [-0.39, 0.29) is 24.4 Å². The molecule has 0 bridgehead atoms. The number of phenols is 1. The Kier molecular flexibility index (Phi) is 10.0. The summed E-state index contributed by atoms with van der Waals surface area (Å²) in [5, 5.41) is 45.4. The highest BCUT2D eigenvalue weighted by Crippen LogP contribution is 2.22. The van der Waals surface area contributed by atoms with Gasteiger partial charge in [-0.1, -0.05) is 48.0 Å². The molecular formula is C29H35ClN4O4. The summed E-state index contributed by atoms with van der Waals surface area (Å²) in [6.45, 7) is 6.49. The van der Waals surface area contributed by atoms with Gasteiger partial charge in [0.15, 0.2) is 0 Å². The first-order valence-corrected chi connectivity index (χ1v) is 12.6. The number of hydroxylamine groups is 2. The fraction of sp³-hybridized carbons (Fsp3) is 0.310. The first-order valence-electron chi connectivity index (χ1n) is 12.2. The smallest absolute Gasteiger partial charge is 0.145 e. The molecule has 0 fully saturated rings. The van der Waals surface area contributed by atoms with Crippen molar-refractivity contribution in [2.45, 2.75) is 39.0 Å². The maximum atomic E-state index is 10.5. The van der Waals surface area contributed by atoms with Crippen molar-refractivity contribution in [1.82, 2.24) is 10.4 Å². The highest BCUT2D eigenvalue weighted by molar-refractivity contribution is 6.30. The van der Waals surface area contributed by atoms with Crippen molar-refractivity contribution in [3.8, 4) is 5.75 Å². The Morgan fingerprint density at radius 2 is 1.79 bits per heavy atom. The van der Waals surface area contributed by atoms with E-state index in [1.165, 1.54) is 11.1 Å². The molecule has 9 heteroatoms. The number of hydrogen-bond donors (Lipinski definition) is 5. The summed E-state index contributed by atoms with van der Waals surface area (Å²) in [4.78, 5) is 8.60. The molecule has 0 aliphatic carbocycles. The lowest BCUT2D eigenvalue weighted by atomic mass is 10.0. The third-order valence-electron chi connectivity index (χ3n) is 5.80. The van der Waals surface area contributed by atoms with Gasteiger partial charge in [0, 0.05) is 40.5 Å². The maximum Gasteiger partial charge on any atom is 0.145 e. The number of aliphatic hydroxyl groups is 2. The van der Waals surface area contributed by atoms with Crippen molar-refractivity contribution in [2.75, 3.05) is 20.1 Å². The van der Waals surface area contributed by atoms with Crippen LogP contribution in [0.15, 0.2) is 76.7 Å². The Labute approximate surface area is 227 Å². The fourth-order valence-corrected chi connectivity index (χ4v) is 3.98. The van der Waals surface area contributed by atoms with E-state index in [0.29, 0.717) is 34.2 Å². The van der Waals surface area contributed by atoms with E-state index < -0.39 is 6.10 Å². The molecule has 38 heavy (non-hydrogen) atoms. The van der Waals surface area contributed by atoms with Crippen molar-refractivity contribution >= 4 is 23.1 Å². The molecule has 202 valence electrons. The molecule has 0 saturated carbocycles. The predicted molar refractivity (Wildman–Crippen MR) is 150 cm³/mol. The molecule has 5 N–H and O–H groups in total. The first-order chi connectivity index (χ1) is 18.0. The standard InChI is InChI=1S/C16H14ClN3O.C13H21NO3/c1-18-15-10-20(21)16(11-5-3-2-4-6-11)13-9-12(17)7-8-14(13)19-15;1-13(2,3)14-7-12(17)9-4-5-11(16)10(6-9)8-15/h2-9,21H,10H2,1H3;4-6,12,14-17H,7-8H2,1-3H3. The van der Waals surface area contributed by atoms with E-state index in [1.807, 2.05) is 63.2 Å². The van der Waals surface area contributed by atoms with Crippen LogP contribution in [-0.4, -0.2) is 57.1 Å². The average Bonchev–Trinajstić information content (AvgIpc) is 3.03. The minimum atomic E-state index is -0.653. The Bertz CT molecular complexity index is 1390. The quantitative estimate of drug-likeness (QED) is 0.340. The molecule has 3 aromatic rings. The lowest BCUT2D eigenvalue weighted by Gasteiger charge is -2.23. The minimum Gasteiger partial charge on any atom is -0.508 e. The summed E-state index contributed by atoms with van der Waals surface area (Å²) < 4.78 is 0. The van der Waals surface area contributed by atoms with E-state index in [2.05, 4.69) is 15.3 Å². The fourth-order valence-electron chi connectivity index (χ4n) is 3.80. The van der Waals surface area contributed by atoms with Crippen molar-refractivity contribution in [2.24, 2.45) is 9.98 Å². The molecule has 0 radical (unpaired) electrons. The van der Waals surface area contributed by atoms with Crippen molar-refractivity contribution in [3.63, 3.8) is 0 Å². The van der Waals surface area contributed by atoms with Crippen molar-refractivity contribution in [3.05, 3.63) is 99.0 Å². The van der Waals surface area contributed by atoms with Gasteiger partial charge in [-0.05, 0) is 56.7 Å². The van der Waals surface area contributed by atoms with E-state index in [1.54, 1.807) is 25.2 Å². The van der Waals surface area contributed by atoms with Crippen LogP contribution in [0.1, 0.15) is 43.6 Å². The molecule has 1 aliphatic heterocycles. The number of amidine groups is 1. The Hall–Kier alpha value is -3.27. The lowest BCUT2D eigenvalue weighted by Crippen LogP contribution is -2.38. The van der Waals surface area contributed by atoms with Crippen LogP contribution in [0.5, 0.6) is 5.75 Å². The van der Waals surface area contributed by atoms with Gasteiger partial charge in [-0.3, -0.25) is 10.2 Å². The number of benzene rings is 3. The van der Waals surface area contributed by atoms with Crippen LogP contribution in [0.2, 0.25) is 5.02 Å². The molecule has 0 spiro atoms. The van der Waals surface area contributed by atoms with Crippen molar-refractivity contribution in [1.29, 1.82) is 0 Å². The summed E-state index contributed by atoms with van der Waals surface area (Å²) in [6.07, 6.45) is -0.653. The number of aliphatic hydroxyl groups excluding tert-OH is 2. The molecule has 1 aliphatic rings. The second-order valence-corrected chi connectivity index (χ2v) is 10.3. The zero-order valence-corrected chi connectivity index (χ0v) is 22.8. The Morgan fingerprint density at radius 3 is 2.42 bits per heavy atom. The van der Waals surface area contributed by atoms with E-state index in [4.69, 9.17) is 16.7 Å². The van der Waals surface area contributed by atoms with Crippen LogP contribution in [0.3, 0.4) is 0 Å². The second kappa shape index (κ2) is 13.0. The molecule has 1 heterocycles. The van der Waals surface area contributed by atoms with Gasteiger partial charge in [0.2, 0.25) is 0 Å². The van der Waals surface area contributed by atoms with Crippen LogP contribution in [0.4, 0.5) is 0 Å². The Balaban J connectivity index is 0.000000216. The molecule has 4 rings (SSSR count). The number of nitrogens with zero attached hydrogens (tertiary/aromatic N) is 3. The third-order valence-corrected chi connectivity index (χ3v) is 6.04. The number of nitrogens with one attached hydrogen (secondary N) is 1. The zero-order chi connectivity index (χ0) is 27.9. The number of aromatic hydroxyl groups is 1. The van der Waals surface area contributed by atoms with Crippen LogP contribution < -0.4 is 15.9 Å². The number of fused-ring (bicyclic) bond motifs is 1. The number of halogens is 1. The summed E-state index contributed by atoms with van der Waals surface area (Å²) in [7, 11) is 1.66. The van der Waals surface area contributed by atoms with Gasteiger partial charge in [-0.2, -0.15) is 0 Å². The molecular weight excluding hydrogens is 504 g/mol. The first kappa shape index (κ1) is 29.3. The minimum absolute atomic E-state index is 0.0484. The number of rotatable bonds is 5. The predicted octanol–water partition coefficient (Wildman–Crippen LogP) is 3.16. The molecule has 1 unspecified atom stereocenters. The number of β-amino-alcohol motifs (C(OH)–C–C–N with tert-alkyl or cyclic N) is 1. The topological polar surface area (TPSA) is 121 Å². The molecule has 0 saturated heterocycles. The molecule has 0 amide bonds. The Morgan fingerprint density at radius 1 is 1.08 bits per heavy atom. The lowest BCUT2D eigenvalue weighted by molar-refractivity contribution is -0.0119. The number of aliphatic imine (C=N–C) groups is 1. The van der Waals surface area contributed by atoms with Crippen LogP contribution in [0, 0.1) is 0 Å². The molecule has 8 nitrogen and oxygen atoms in total. The van der Waals surface area contributed by atoms with Gasteiger partial charge in [0.05, 0.1) is 23.8 Å². The summed E-state index contributed by atoms with van der Waals surface area (Å²) in [5.41, 5.74) is 2.63. The van der Waals surface area contributed by atoms with Crippen LogP contribution in [-0.2, 0) is 6.61 Å². The van der Waals surface area contributed by atoms with Gasteiger partial charge in [0.1, 0.15) is 18.1 Å². The normalized spacial score (nSPS) is 15.2. The summed E-state index contributed by atoms with van der Waals surface area (Å²) in [6, 6.07) is 19.9. The number of hydrogen-bond acceptors (Lipinski definition) is 7. The SMILES string of the molecule is CC(C)(C)NCC(O)c1ccc(O)c(CO)c1.CN=C1CN(O)C(c2ccccc2)=c2cc(Cl)ccc2=N1. The molecule has 1 atom stereocenters. The molecule has 0 aromatic heterocycles. The summed E-state index contributed by atoms with van der Waals surface area (Å²) >= 11 is 6.12. The highest BCUT2D eigenvalue weighted by Gasteiger charge is 2.17.